The van der Waals surface area contributed by atoms with Crippen molar-refractivity contribution in [3.05, 3.63) is 47.7 Å². The average molecular weight is 636 g/mol. The second-order valence-corrected chi connectivity index (χ2v) is 12.8. The molecule has 4 heterocycles. The number of pyridine rings is 1. The standard InChI is InChI=1S/C34H33F4N5O3/c1-2-22-25(35)7-6-20-11-21(45)12-23(27(20)22)29-28(36)30-24(14-40-29)31(43-15-19(16-44)13-34(37,38)17-43)42-32(41-30)46-18-33-8-3-5-26(33)39-10-4-9-33/h1,6-7,11-12,14,19,26,39,44-45H,3-5,8-10,13,15-18H2/t19?,26?,33-/m1/s1. The number of aliphatic hydroxyl groups excluding tert-OH is 1. The van der Waals surface area contributed by atoms with Crippen LogP contribution in [-0.2, 0) is 0 Å². The Morgan fingerprint density at radius 3 is 2.78 bits per heavy atom. The maximum Gasteiger partial charge on any atom is 0.319 e. The molecule has 3 fully saturated rings. The number of hydrogen-bond acceptors (Lipinski definition) is 8. The maximum absolute atomic E-state index is 16.7. The van der Waals surface area contributed by atoms with Crippen LogP contribution in [0.3, 0.4) is 0 Å². The van der Waals surface area contributed by atoms with E-state index in [1.165, 1.54) is 35.4 Å². The van der Waals surface area contributed by atoms with E-state index >= 15 is 4.39 Å². The second kappa shape index (κ2) is 11.5. The van der Waals surface area contributed by atoms with E-state index in [9.17, 15) is 23.4 Å². The van der Waals surface area contributed by atoms with E-state index in [0.717, 1.165) is 38.6 Å². The van der Waals surface area contributed by atoms with Gasteiger partial charge in [0.25, 0.3) is 5.92 Å². The number of phenols is 1. The first kappa shape index (κ1) is 30.4. The summed E-state index contributed by atoms with van der Waals surface area (Å²) in [5.41, 5.74) is -0.741. The second-order valence-electron chi connectivity index (χ2n) is 12.8. The van der Waals surface area contributed by atoms with Gasteiger partial charge < -0.3 is 25.2 Å². The highest BCUT2D eigenvalue weighted by Gasteiger charge is 2.45. The molecule has 0 spiro atoms. The Balaban J connectivity index is 1.39. The monoisotopic (exact) mass is 635 g/mol. The Morgan fingerprint density at radius 2 is 1.98 bits per heavy atom. The molecule has 7 rings (SSSR count). The van der Waals surface area contributed by atoms with Crippen LogP contribution in [0.25, 0.3) is 32.9 Å². The number of aromatic nitrogens is 3. The molecule has 3 N–H and O–H groups in total. The SMILES string of the molecule is C#Cc1c(F)ccc2cc(O)cc(-c3ncc4c(N5CC(CO)CC(F)(F)C5)nc(OC[C@@]56CCCNC5CCC6)nc4c3F)c12. The van der Waals surface area contributed by atoms with Crippen LogP contribution in [0.4, 0.5) is 23.4 Å². The quantitative estimate of drug-likeness (QED) is 0.187. The number of hydrogen-bond donors (Lipinski definition) is 3. The highest BCUT2D eigenvalue weighted by Crippen LogP contribution is 2.45. The molecule has 2 saturated heterocycles. The highest BCUT2D eigenvalue weighted by atomic mass is 19.3. The summed E-state index contributed by atoms with van der Waals surface area (Å²) in [5, 5.41) is 24.5. The maximum atomic E-state index is 16.7. The van der Waals surface area contributed by atoms with Gasteiger partial charge in [-0.05, 0) is 55.8 Å². The number of ether oxygens (including phenoxy) is 1. The van der Waals surface area contributed by atoms with Crippen molar-refractivity contribution < 1.29 is 32.5 Å². The van der Waals surface area contributed by atoms with Gasteiger partial charge in [-0.15, -0.1) is 6.42 Å². The summed E-state index contributed by atoms with van der Waals surface area (Å²) in [6.07, 6.45) is 11.4. The number of benzene rings is 2. The predicted molar refractivity (Wildman–Crippen MR) is 165 cm³/mol. The van der Waals surface area contributed by atoms with Gasteiger partial charge in [0, 0.05) is 54.1 Å². The number of aromatic hydroxyl groups is 1. The molecule has 3 atom stereocenters. The fraction of sp³-hybridized carbons (Fsp3) is 0.441. The number of alkyl halides is 2. The van der Waals surface area contributed by atoms with E-state index in [4.69, 9.17) is 11.2 Å². The molecule has 12 heteroatoms. The molecule has 0 amide bonds. The number of piperidine rings is 2. The Hall–Kier alpha value is -4.21. The van der Waals surface area contributed by atoms with E-state index in [2.05, 4.69) is 26.2 Å². The first-order valence-electron chi connectivity index (χ1n) is 15.5. The third-order valence-corrected chi connectivity index (χ3v) is 9.78. The van der Waals surface area contributed by atoms with Crippen LogP contribution in [0.1, 0.15) is 44.1 Å². The minimum absolute atomic E-state index is 0.00846. The summed E-state index contributed by atoms with van der Waals surface area (Å²) < 4.78 is 67.5. The van der Waals surface area contributed by atoms with Gasteiger partial charge in [0.05, 0.1) is 24.1 Å². The van der Waals surface area contributed by atoms with Gasteiger partial charge in [0.1, 0.15) is 28.6 Å². The van der Waals surface area contributed by atoms with Gasteiger partial charge in [-0.3, -0.25) is 4.98 Å². The molecule has 4 aromatic rings. The van der Waals surface area contributed by atoms with Gasteiger partial charge >= 0.3 is 6.01 Å². The zero-order chi connectivity index (χ0) is 32.2. The number of phenolic OH excluding ortho intramolecular Hbond substituents is 1. The lowest BCUT2D eigenvalue weighted by atomic mass is 9.76. The van der Waals surface area contributed by atoms with Crippen LogP contribution in [0.2, 0.25) is 0 Å². The zero-order valence-electron chi connectivity index (χ0n) is 25.0. The largest absolute Gasteiger partial charge is 0.508 e. The summed E-state index contributed by atoms with van der Waals surface area (Å²) in [4.78, 5) is 14.6. The molecule has 2 aromatic carbocycles. The van der Waals surface area contributed by atoms with Crippen LogP contribution < -0.4 is 15.0 Å². The number of rotatable bonds is 6. The van der Waals surface area contributed by atoms with Crippen molar-refractivity contribution in [1.82, 2.24) is 20.3 Å². The van der Waals surface area contributed by atoms with E-state index in [1.807, 2.05) is 0 Å². The summed E-state index contributed by atoms with van der Waals surface area (Å²) in [5.74, 6) is -3.41. The first-order valence-corrected chi connectivity index (χ1v) is 15.5. The summed E-state index contributed by atoms with van der Waals surface area (Å²) in [6, 6.07) is 5.31. The van der Waals surface area contributed by atoms with Crippen LogP contribution in [0.5, 0.6) is 11.8 Å². The topological polar surface area (TPSA) is 104 Å². The average Bonchev–Trinajstić information content (AvgIpc) is 3.47. The molecule has 1 saturated carbocycles. The Morgan fingerprint density at radius 1 is 1.15 bits per heavy atom. The van der Waals surface area contributed by atoms with Crippen molar-refractivity contribution in [3.8, 4) is 35.4 Å². The number of anilines is 1. The van der Waals surface area contributed by atoms with Crippen LogP contribution in [-0.4, -0.2) is 70.0 Å². The molecule has 240 valence electrons. The van der Waals surface area contributed by atoms with Gasteiger partial charge in [0.15, 0.2) is 5.82 Å². The van der Waals surface area contributed by atoms with Gasteiger partial charge in [-0.2, -0.15) is 9.97 Å². The number of terminal acetylenes is 1. The van der Waals surface area contributed by atoms with Gasteiger partial charge in [-0.1, -0.05) is 18.4 Å². The lowest BCUT2D eigenvalue weighted by Gasteiger charge is -2.40. The molecule has 1 aliphatic carbocycles. The number of nitrogens with zero attached hydrogens (tertiary/aromatic N) is 4. The van der Waals surface area contributed by atoms with Crippen molar-refractivity contribution in [3.63, 3.8) is 0 Å². The molecule has 2 unspecified atom stereocenters. The number of halogens is 4. The molecule has 0 bridgehead atoms. The molecular weight excluding hydrogens is 602 g/mol. The van der Waals surface area contributed by atoms with Crippen molar-refractivity contribution in [1.29, 1.82) is 0 Å². The third kappa shape index (κ3) is 5.25. The summed E-state index contributed by atoms with van der Waals surface area (Å²) in [6.45, 7) is 0.0981. The van der Waals surface area contributed by atoms with Crippen LogP contribution in [0.15, 0.2) is 30.5 Å². The smallest absolute Gasteiger partial charge is 0.319 e. The number of nitrogens with one attached hydrogen (secondary N) is 1. The third-order valence-electron chi connectivity index (χ3n) is 9.78. The van der Waals surface area contributed by atoms with E-state index in [-0.39, 0.29) is 75.3 Å². The Kier molecular flexibility index (Phi) is 7.64. The Bertz CT molecular complexity index is 1880. The molecule has 46 heavy (non-hydrogen) atoms. The normalized spacial score (nSPS) is 24.2. The molecule has 8 nitrogen and oxygen atoms in total. The lowest BCUT2D eigenvalue weighted by molar-refractivity contribution is -0.0375. The summed E-state index contributed by atoms with van der Waals surface area (Å²) in [7, 11) is 0. The molecule has 2 aliphatic heterocycles. The van der Waals surface area contributed by atoms with E-state index in [1.54, 1.807) is 0 Å². The molecule has 3 aliphatic rings. The minimum Gasteiger partial charge on any atom is -0.508 e. The molecule has 2 aromatic heterocycles. The fourth-order valence-electron chi connectivity index (χ4n) is 7.68. The van der Waals surface area contributed by atoms with E-state index < -0.39 is 43.0 Å². The van der Waals surface area contributed by atoms with Crippen molar-refractivity contribution in [2.24, 2.45) is 11.3 Å². The van der Waals surface area contributed by atoms with Crippen molar-refractivity contribution in [2.75, 3.05) is 37.7 Å². The van der Waals surface area contributed by atoms with Crippen molar-refractivity contribution >= 4 is 27.5 Å². The van der Waals surface area contributed by atoms with Gasteiger partial charge in [-0.25, -0.2) is 17.6 Å². The molecule has 0 radical (unpaired) electrons. The van der Waals surface area contributed by atoms with Crippen LogP contribution >= 0.6 is 0 Å². The Labute approximate surface area is 262 Å². The number of aliphatic hydroxyl groups is 1. The lowest BCUT2D eigenvalue weighted by Crippen LogP contribution is -2.49. The van der Waals surface area contributed by atoms with Crippen LogP contribution in [0, 0.1) is 35.3 Å². The first-order chi connectivity index (χ1) is 22.1. The van der Waals surface area contributed by atoms with E-state index in [0.29, 0.717) is 5.39 Å². The molecular formula is C34H33F4N5O3. The zero-order valence-corrected chi connectivity index (χ0v) is 25.0. The number of fused-ring (bicyclic) bond motifs is 3. The predicted octanol–water partition coefficient (Wildman–Crippen LogP) is 5.57. The highest BCUT2D eigenvalue weighted by molar-refractivity contribution is 6.03. The van der Waals surface area contributed by atoms with Gasteiger partial charge in [0.2, 0.25) is 0 Å². The summed E-state index contributed by atoms with van der Waals surface area (Å²) >= 11 is 0. The minimum atomic E-state index is -3.13. The fourth-order valence-corrected chi connectivity index (χ4v) is 7.68. The van der Waals surface area contributed by atoms with Crippen molar-refractivity contribution in [2.45, 2.75) is 50.5 Å².